The summed E-state index contributed by atoms with van der Waals surface area (Å²) in [5.41, 5.74) is 2.24. The van der Waals surface area contributed by atoms with Crippen molar-refractivity contribution in [1.29, 1.82) is 0 Å². The highest BCUT2D eigenvalue weighted by atomic mass is 35.5. The van der Waals surface area contributed by atoms with E-state index >= 15 is 0 Å². The summed E-state index contributed by atoms with van der Waals surface area (Å²) in [6.45, 7) is 4.68. The van der Waals surface area contributed by atoms with Gasteiger partial charge in [-0.2, -0.15) is 0 Å². The zero-order valence-electron chi connectivity index (χ0n) is 15.5. The lowest BCUT2D eigenvalue weighted by atomic mass is 10.1. The molecule has 1 amide bonds. The number of aromatic amines is 1. The Morgan fingerprint density at radius 2 is 2.26 bits per heavy atom. The summed E-state index contributed by atoms with van der Waals surface area (Å²) in [7, 11) is 1.71. The lowest BCUT2D eigenvalue weighted by molar-refractivity contribution is -0.115. The standard InChI is InChI=1S/C19H23ClN4O2S/c1-3-8-24-9-7-16-15(11-24)18(26)22-19(21-16)27-12-17(25)23(2)14-6-4-5-13(20)10-14/h4-6,10H,3,7-9,11-12H2,1-2H3,(H,21,22,26). The van der Waals surface area contributed by atoms with E-state index in [1.807, 2.05) is 6.07 Å². The number of thioether (sulfide) groups is 1. The number of rotatable bonds is 6. The van der Waals surface area contributed by atoms with Crippen LogP contribution in [0.2, 0.25) is 5.02 Å². The van der Waals surface area contributed by atoms with E-state index in [2.05, 4.69) is 21.8 Å². The van der Waals surface area contributed by atoms with Gasteiger partial charge in [-0.05, 0) is 31.2 Å². The maximum atomic E-state index is 12.5. The van der Waals surface area contributed by atoms with Crippen LogP contribution < -0.4 is 10.5 Å². The van der Waals surface area contributed by atoms with Crippen LogP contribution in [0, 0.1) is 0 Å². The van der Waals surface area contributed by atoms with E-state index in [-0.39, 0.29) is 17.2 Å². The number of carbonyl (C=O) groups is 1. The van der Waals surface area contributed by atoms with Gasteiger partial charge in [0.15, 0.2) is 5.16 Å². The number of halogens is 1. The molecule has 3 rings (SSSR count). The number of hydrogen-bond donors (Lipinski definition) is 1. The number of carbonyl (C=O) groups excluding carboxylic acids is 1. The van der Waals surface area contributed by atoms with E-state index in [9.17, 15) is 9.59 Å². The molecule has 144 valence electrons. The first-order valence-corrected chi connectivity index (χ1v) is 10.3. The van der Waals surface area contributed by atoms with Gasteiger partial charge >= 0.3 is 0 Å². The SMILES string of the molecule is CCCN1CCc2nc(SCC(=O)N(C)c3cccc(Cl)c3)[nH]c(=O)c2C1. The van der Waals surface area contributed by atoms with E-state index in [1.54, 1.807) is 30.1 Å². The fourth-order valence-electron chi connectivity index (χ4n) is 3.09. The molecule has 1 N–H and O–H groups in total. The quantitative estimate of drug-likeness (QED) is 0.590. The Bertz CT molecular complexity index is 886. The molecule has 6 nitrogen and oxygen atoms in total. The minimum Gasteiger partial charge on any atom is -0.315 e. The third-order valence-electron chi connectivity index (χ3n) is 4.57. The summed E-state index contributed by atoms with van der Waals surface area (Å²) >= 11 is 7.23. The molecule has 27 heavy (non-hydrogen) atoms. The second-order valence-electron chi connectivity index (χ2n) is 6.54. The second-order valence-corrected chi connectivity index (χ2v) is 7.94. The van der Waals surface area contributed by atoms with E-state index in [0.29, 0.717) is 16.7 Å². The van der Waals surface area contributed by atoms with Crippen molar-refractivity contribution in [3.63, 3.8) is 0 Å². The topological polar surface area (TPSA) is 69.3 Å². The first-order chi connectivity index (χ1) is 13.0. The van der Waals surface area contributed by atoms with Crippen molar-refractivity contribution in [2.75, 3.05) is 30.8 Å². The molecule has 0 spiro atoms. The number of nitrogens with one attached hydrogen (secondary N) is 1. The van der Waals surface area contributed by atoms with Gasteiger partial charge in [0.25, 0.3) is 5.56 Å². The van der Waals surface area contributed by atoms with E-state index in [1.165, 1.54) is 11.8 Å². The van der Waals surface area contributed by atoms with Gasteiger partial charge in [0.1, 0.15) is 0 Å². The third-order valence-corrected chi connectivity index (χ3v) is 5.66. The van der Waals surface area contributed by atoms with Crippen LogP contribution in [0.3, 0.4) is 0 Å². The van der Waals surface area contributed by atoms with Crippen molar-refractivity contribution in [2.24, 2.45) is 0 Å². The molecule has 2 heterocycles. The minimum atomic E-state index is -0.0982. The maximum Gasteiger partial charge on any atom is 0.256 e. The van der Waals surface area contributed by atoms with Crippen LogP contribution in [0.15, 0.2) is 34.2 Å². The number of amides is 1. The number of H-pyrrole nitrogens is 1. The van der Waals surface area contributed by atoms with Crippen LogP contribution >= 0.6 is 23.4 Å². The number of fused-ring (bicyclic) bond motifs is 1. The van der Waals surface area contributed by atoms with Crippen molar-refractivity contribution in [3.05, 3.63) is 50.9 Å². The van der Waals surface area contributed by atoms with Crippen LogP contribution in [-0.4, -0.2) is 46.7 Å². The number of aromatic nitrogens is 2. The van der Waals surface area contributed by atoms with Gasteiger partial charge in [0.05, 0.1) is 17.0 Å². The second kappa shape index (κ2) is 8.91. The summed E-state index contributed by atoms with van der Waals surface area (Å²) in [6.07, 6.45) is 1.83. The maximum absolute atomic E-state index is 12.5. The molecular formula is C19H23ClN4O2S. The molecule has 0 saturated heterocycles. The third kappa shape index (κ3) is 4.91. The van der Waals surface area contributed by atoms with Crippen molar-refractivity contribution in [2.45, 2.75) is 31.5 Å². The Labute approximate surface area is 167 Å². The first-order valence-electron chi connectivity index (χ1n) is 8.97. The summed E-state index contributed by atoms with van der Waals surface area (Å²) in [4.78, 5) is 36.1. The van der Waals surface area contributed by atoms with Crippen molar-refractivity contribution in [1.82, 2.24) is 14.9 Å². The molecule has 0 saturated carbocycles. The lowest BCUT2D eigenvalue weighted by Crippen LogP contribution is -2.36. The van der Waals surface area contributed by atoms with Crippen molar-refractivity contribution >= 4 is 35.0 Å². The van der Waals surface area contributed by atoms with Gasteiger partial charge in [0, 0.05) is 37.3 Å². The van der Waals surface area contributed by atoms with Crippen LogP contribution in [0.1, 0.15) is 24.6 Å². The van der Waals surface area contributed by atoms with Gasteiger partial charge in [0.2, 0.25) is 5.91 Å². The highest BCUT2D eigenvalue weighted by Gasteiger charge is 2.21. The summed E-state index contributed by atoms with van der Waals surface area (Å²) in [6, 6.07) is 7.14. The van der Waals surface area contributed by atoms with Gasteiger partial charge in [-0.3, -0.25) is 14.5 Å². The smallest absolute Gasteiger partial charge is 0.256 e. The van der Waals surface area contributed by atoms with E-state index in [4.69, 9.17) is 11.6 Å². The molecule has 0 atom stereocenters. The molecule has 0 unspecified atom stereocenters. The van der Waals surface area contributed by atoms with Gasteiger partial charge in [-0.1, -0.05) is 36.4 Å². The van der Waals surface area contributed by atoms with E-state index in [0.717, 1.165) is 42.9 Å². The minimum absolute atomic E-state index is 0.0863. The molecule has 8 heteroatoms. The monoisotopic (exact) mass is 406 g/mol. The van der Waals surface area contributed by atoms with Gasteiger partial charge < -0.3 is 9.88 Å². The first kappa shape index (κ1) is 19.9. The predicted molar refractivity (Wildman–Crippen MR) is 110 cm³/mol. The molecule has 0 radical (unpaired) electrons. The normalized spacial score (nSPS) is 14.0. The van der Waals surface area contributed by atoms with Crippen LogP contribution in [0.25, 0.3) is 0 Å². The average molecular weight is 407 g/mol. The zero-order chi connectivity index (χ0) is 19.4. The summed E-state index contributed by atoms with van der Waals surface area (Å²) in [5.74, 6) is 0.101. The molecular weight excluding hydrogens is 384 g/mol. The van der Waals surface area contributed by atoms with Gasteiger partial charge in [-0.15, -0.1) is 0 Å². The lowest BCUT2D eigenvalue weighted by Gasteiger charge is -2.27. The van der Waals surface area contributed by atoms with Crippen LogP contribution in [-0.2, 0) is 17.8 Å². The van der Waals surface area contributed by atoms with Crippen LogP contribution in [0.5, 0.6) is 0 Å². The molecule has 1 aromatic carbocycles. The average Bonchev–Trinajstić information content (AvgIpc) is 2.66. The number of benzene rings is 1. The Morgan fingerprint density at radius 3 is 3.00 bits per heavy atom. The van der Waals surface area contributed by atoms with Crippen molar-refractivity contribution < 1.29 is 4.79 Å². The molecule has 0 bridgehead atoms. The molecule has 2 aromatic rings. The van der Waals surface area contributed by atoms with E-state index < -0.39 is 0 Å². The Hall–Kier alpha value is -1.83. The number of nitrogens with zero attached hydrogens (tertiary/aromatic N) is 3. The fourth-order valence-corrected chi connectivity index (χ4v) is 4.07. The molecule has 1 aliphatic heterocycles. The molecule has 1 aromatic heterocycles. The summed E-state index contributed by atoms with van der Waals surface area (Å²) in [5, 5.41) is 1.08. The molecule has 0 fully saturated rings. The number of hydrogen-bond acceptors (Lipinski definition) is 5. The highest BCUT2D eigenvalue weighted by molar-refractivity contribution is 7.99. The number of anilines is 1. The predicted octanol–water partition coefficient (Wildman–Crippen LogP) is 2.95. The highest BCUT2D eigenvalue weighted by Crippen LogP contribution is 2.21. The van der Waals surface area contributed by atoms with Crippen molar-refractivity contribution in [3.8, 4) is 0 Å². The Balaban J connectivity index is 1.66. The fraction of sp³-hybridized carbons (Fsp3) is 0.421. The zero-order valence-corrected chi connectivity index (χ0v) is 17.1. The summed E-state index contributed by atoms with van der Waals surface area (Å²) < 4.78 is 0. The Morgan fingerprint density at radius 1 is 1.44 bits per heavy atom. The molecule has 0 aliphatic carbocycles. The Kier molecular flexibility index (Phi) is 6.57. The van der Waals surface area contributed by atoms with Crippen LogP contribution in [0.4, 0.5) is 5.69 Å². The largest absolute Gasteiger partial charge is 0.315 e. The van der Waals surface area contributed by atoms with Gasteiger partial charge in [-0.25, -0.2) is 4.98 Å². The molecule has 1 aliphatic rings.